The number of thioether (sulfide) groups is 1. The van der Waals surface area contributed by atoms with E-state index in [0.717, 1.165) is 0 Å². The number of hydrogen-bond donors (Lipinski definition) is 0. The maximum Gasteiger partial charge on any atom is 0.288 e. The molecule has 12 heteroatoms. The molecule has 0 spiro atoms. The van der Waals surface area contributed by atoms with E-state index >= 15 is 0 Å². The molecule has 3 aromatic rings. The average Bonchev–Trinajstić information content (AvgIpc) is 3.42. The van der Waals surface area contributed by atoms with Crippen LogP contribution in [0.5, 0.6) is 0 Å². The molecule has 1 aliphatic rings. The smallest absolute Gasteiger partial charge is 0.288 e. The second-order valence-corrected chi connectivity index (χ2v) is 10.4. The lowest BCUT2D eigenvalue weighted by molar-refractivity contribution is 0.0725. The number of rotatable bonds is 4. The van der Waals surface area contributed by atoms with Crippen LogP contribution in [-0.2, 0) is 9.73 Å². The highest BCUT2D eigenvalue weighted by atomic mass is 32.2. The fourth-order valence-corrected chi connectivity index (χ4v) is 5.49. The van der Waals surface area contributed by atoms with Crippen molar-refractivity contribution < 1.29 is 18.2 Å². The van der Waals surface area contributed by atoms with Crippen LogP contribution < -0.4 is 0 Å². The molecule has 4 heterocycles. The van der Waals surface area contributed by atoms with E-state index in [1.807, 2.05) is 6.26 Å². The van der Waals surface area contributed by atoms with Gasteiger partial charge in [0.1, 0.15) is 6.26 Å². The average molecular weight is 449 g/mol. The number of hydrogen-bond acceptors (Lipinski definition) is 8. The number of likely N-dealkylation sites (tertiary alicyclic amines) is 1. The van der Waals surface area contributed by atoms with Crippen molar-refractivity contribution in [2.45, 2.75) is 23.2 Å². The standard InChI is InChI=1S/C18H20N6O4S2/c1-29-15-10-12(11-28-15)18(26)23-8-5-13(6-9-23)30(2,27)20-17(25)14-4-3-7-24-16(14)19-21-22-24/h3-4,7,10-11,13H,5-6,8-9H2,1-2H3. The van der Waals surface area contributed by atoms with E-state index in [9.17, 15) is 13.8 Å². The van der Waals surface area contributed by atoms with Gasteiger partial charge in [0.25, 0.3) is 11.8 Å². The van der Waals surface area contributed by atoms with Crippen LogP contribution in [0.4, 0.5) is 0 Å². The number of fused-ring (bicyclic) bond motifs is 1. The van der Waals surface area contributed by atoms with Gasteiger partial charge in [-0.15, -0.1) is 5.10 Å². The van der Waals surface area contributed by atoms with Gasteiger partial charge in [0.15, 0.2) is 10.7 Å². The number of piperidine rings is 1. The third kappa shape index (κ3) is 3.97. The molecule has 0 bridgehead atoms. The number of pyridine rings is 1. The Morgan fingerprint density at radius 3 is 2.80 bits per heavy atom. The van der Waals surface area contributed by atoms with Gasteiger partial charge in [-0.05, 0) is 41.7 Å². The first-order valence-electron chi connectivity index (χ1n) is 9.23. The zero-order valence-corrected chi connectivity index (χ0v) is 18.1. The second kappa shape index (κ2) is 8.19. The first-order chi connectivity index (χ1) is 14.4. The maximum atomic E-state index is 13.2. The minimum absolute atomic E-state index is 0.112. The largest absolute Gasteiger partial charge is 0.457 e. The van der Waals surface area contributed by atoms with Gasteiger partial charge >= 0.3 is 0 Å². The van der Waals surface area contributed by atoms with Gasteiger partial charge in [-0.3, -0.25) is 9.59 Å². The summed E-state index contributed by atoms with van der Waals surface area (Å²) in [5.41, 5.74) is 0.978. The summed E-state index contributed by atoms with van der Waals surface area (Å²) in [4.78, 5) is 27.0. The van der Waals surface area contributed by atoms with E-state index < -0.39 is 15.6 Å². The lowest BCUT2D eigenvalue weighted by Crippen LogP contribution is -2.42. The van der Waals surface area contributed by atoms with E-state index in [2.05, 4.69) is 19.9 Å². The molecule has 1 aliphatic heterocycles. The number of tetrazole rings is 1. The molecule has 3 aromatic heterocycles. The van der Waals surface area contributed by atoms with Gasteiger partial charge in [-0.2, -0.15) is 8.88 Å². The SMILES string of the molecule is CSc1cc(C(=O)N2CCC(S(C)(=O)=NC(=O)c3cccn4nnnc34)CC2)co1. The zero-order chi connectivity index (χ0) is 21.3. The summed E-state index contributed by atoms with van der Waals surface area (Å²) in [7, 11) is -2.81. The van der Waals surface area contributed by atoms with Crippen molar-refractivity contribution in [2.75, 3.05) is 25.6 Å². The Morgan fingerprint density at radius 2 is 2.10 bits per heavy atom. The summed E-state index contributed by atoms with van der Waals surface area (Å²) in [6, 6.07) is 4.91. The molecule has 1 atom stereocenters. The molecule has 30 heavy (non-hydrogen) atoms. The van der Waals surface area contributed by atoms with Crippen LogP contribution in [0.3, 0.4) is 0 Å². The zero-order valence-electron chi connectivity index (χ0n) is 16.4. The molecule has 1 unspecified atom stereocenters. The van der Waals surface area contributed by atoms with Gasteiger partial charge < -0.3 is 9.32 Å². The van der Waals surface area contributed by atoms with Crippen molar-refractivity contribution >= 4 is 39.0 Å². The maximum absolute atomic E-state index is 13.2. The highest BCUT2D eigenvalue weighted by molar-refractivity contribution is 7.98. The van der Waals surface area contributed by atoms with Crippen molar-refractivity contribution in [2.24, 2.45) is 4.36 Å². The molecule has 0 N–H and O–H groups in total. The van der Waals surface area contributed by atoms with E-state index in [4.69, 9.17) is 4.42 Å². The highest BCUT2D eigenvalue weighted by Crippen LogP contribution is 2.24. The Bertz CT molecular complexity index is 1220. The second-order valence-electron chi connectivity index (χ2n) is 6.98. The van der Waals surface area contributed by atoms with E-state index in [-0.39, 0.29) is 22.4 Å². The van der Waals surface area contributed by atoms with Gasteiger partial charge in [0, 0.05) is 36.9 Å². The Balaban J connectivity index is 1.46. The van der Waals surface area contributed by atoms with Gasteiger partial charge in [0.2, 0.25) is 0 Å². The Labute approximate surface area is 177 Å². The van der Waals surface area contributed by atoms with Gasteiger partial charge in [-0.25, -0.2) is 4.21 Å². The summed E-state index contributed by atoms with van der Waals surface area (Å²) >= 11 is 1.43. The Hall–Kier alpha value is -2.73. The number of nitrogens with zero attached hydrogens (tertiary/aromatic N) is 6. The molecule has 0 saturated carbocycles. The van der Waals surface area contributed by atoms with Crippen LogP contribution >= 0.6 is 11.8 Å². The fraction of sp³-hybridized carbons (Fsp3) is 0.389. The van der Waals surface area contributed by atoms with Gasteiger partial charge in [0.05, 0.1) is 20.9 Å². The minimum atomic E-state index is -2.81. The normalized spacial score (nSPS) is 17.1. The van der Waals surface area contributed by atoms with Crippen LogP contribution in [0.15, 0.2) is 44.5 Å². The summed E-state index contributed by atoms with van der Waals surface area (Å²) in [6.45, 7) is 0.892. The first kappa shape index (κ1) is 20.5. The third-order valence-corrected chi connectivity index (χ3v) is 7.94. The van der Waals surface area contributed by atoms with Crippen LogP contribution in [0, 0.1) is 0 Å². The van der Waals surface area contributed by atoms with E-state index in [1.54, 1.807) is 29.3 Å². The molecule has 158 valence electrons. The number of amides is 2. The number of aromatic nitrogens is 4. The summed E-state index contributed by atoms with van der Waals surface area (Å²) < 4.78 is 23.9. The first-order valence-corrected chi connectivity index (χ1v) is 12.4. The third-order valence-electron chi connectivity index (χ3n) is 5.09. The van der Waals surface area contributed by atoms with Gasteiger partial charge in [-0.1, -0.05) is 11.8 Å². The van der Waals surface area contributed by atoms with Crippen LogP contribution in [0.2, 0.25) is 0 Å². The quantitative estimate of drug-likeness (QED) is 0.555. The summed E-state index contributed by atoms with van der Waals surface area (Å²) in [6.07, 6.45) is 7.45. The van der Waals surface area contributed by atoms with Crippen LogP contribution in [0.1, 0.15) is 33.6 Å². The molecule has 0 aromatic carbocycles. The van der Waals surface area contributed by atoms with Crippen LogP contribution in [-0.4, -0.2) is 71.8 Å². The van der Waals surface area contributed by atoms with Crippen molar-refractivity contribution in [1.29, 1.82) is 0 Å². The monoisotopic (exact) mass is 448 g/mol. The number of furan rings is 1. The lowest BCUT2D eigenvalue weighted by atomic mass is 10.1. The molecule has 0 radical (unpaired) electrons. The van der Waals surface area contributed by atoms with Crippen molar-refractivity contribution in [1.82, 2.24) is 24.9 Å². The Kier molecular flexibility index (Phi) is 5.60. The van der Waals surface area contributed by atoms with E-state index in [1.165, 1.54) is 28.8 Å². The van der Waals surface area contributed by atoms with Crippen molar-refractivity contribution in [3.05, 3.63) is 41.8 Å². The summed E-state index contributed by atoms with van der Waals surface area (Å²) in [5, 5.41) is 11.5. The molecule has 1 saturated heterocycles. The minimum Gasteiger partial charge on any atom is -0.457 e. The molecule has 2 amide bonds. The molecule has 1 fully saturated rings. The molecule has 0 aliphatic carbocycles. The predicted molar refractivity (Wildman–Crippen MR) is 111 cm³/mol. The van der Waals surface area contributed by atoms with Crippen molar-refractivity contribution in [3.63, 3.8) is 0 Å². The molecule has 4 rings (SSSR count). The lowest BCUT2D eigenvalue weighted by Gasteiger charge is -2.32. The predicted octanol–water partition coefficient (Wildman–Crippen LogP) is 1.98. The summed E-state index contributed by atoms with van der Waals surface area (Å²) in [5.74, 6) is -0.719. The fourth-order valence-electron chi connectivity index (χ4n) is 3.44. The molecular formula is C18H20N6O4S2. The number of carbonyl (C=O) groups excluding carboxylic acids is 2. The van der Waals surface area contributed by atoms with Crippen LogP contribution in [0.25, 0.3) is 5.65 Å². The van der Waals surface area contributed by atoms with E-state index in [0.29, 0.717) is 36.6 Å². The Morgan fingerprint density at radius 1 is 1.33 bits per heavy atom. The molecule has 10 nitrogen and oxygen atoms in total. The van der Waals surface area contributed by atoms with Crippen molar-refractivity contribution in [3.8, 4) is 0 Å². The number of carbonyl (C=O) groups is 2. The topological polar surface area (TPSA) is 123 Å². The highest BCUT2D eigenvalue weighted by Gasteiger charge is 2.30. The molecular weight excluding hydrogens is 428 g/mol.